The van der Waals surface area contributed by atoms with Gasteiger partial charge < -0.3 is 20.0 Å². The van der Waals surface area contributed by atoms with Crippen LogP contribution < -0.4 is 9.80 Å². The topological polar surface area (TPSA) is 116 Å². The fraction of sp³-hybridized carbons (Fsp3) is 0.667. The van der Waals surface area contributed by atoms with E-state index in [0.29, 0.717) is 13.1 Å². The van der Waals surface area contributed by atoms with Crippen LogP contribution in [0.2, 0.25) is 0 Å². The molecule has 1 heterocycles. The Morgan fingerprint density at radius 3 is 1.81 bits per heavy atom. The Hall–Kier alpha value is -2.00. The van der Waals surface area contributed by atoms with E-state index in [2.05, 4.69) is 9.97 Å². The van der Waals surface area contributed by atoms with Gasteiger partial charge >= 0.3 is 5.69 Å². The van der Waals surface area contributed by atoms with E-state index in [1.807, 2.05) is 13.8 Å². The van der Waals surface area contributed by atoms with E-state index < -0.39 is 4.92 Å². The Bertz CT molecular complexity index is 439. The van der Waals surface area contributed by atoms with Gasteiger partial charge in [-0.3, -0.25) is 10.1 Å². The van der Waals surface area contributed by atoms with Crippen LogP contribution in [0.3, 0.4) is 0 Å². The molecule has 1 rings (SSSR count). The molecular formula is C12H21N5O4. The van der Waals surface area contributed by atoms with Crippen LogP contribution in [-0.4, -0.2) is 64.5 Å². The number of aliphatic hydroxyl groups excluding tert-OH is 2. The van der Waals surface area contributed by atoms with Crippen LogP contribution >= 0.6 is 0 Å². The largest absolute Gasteiger partial charge is 0.395 e. The Balaban J connectivity index is 3.35. The maximum atomic E-state index is 11.4. The zero-order valence-electron chi connectivity index (χ0n) is 12.3. The quantitative estimate of drug-likeness (QED) is 0.484. The minimum absolute atomic E-state index is 0.127. The molecule has 9 heteroatoms. The molecule has 0 bridgehead atoms. The molecule has 0 fully saturated rings. The molecule has 0 unspecified atom stereocenters. The van der Waals surface area contributed by atoms with Gasteiger partial charge in [0.1, 0.15) is 6.33 Å². The molecule has 0 amide bonds. The first-order chi connectivity index (χ1) is 10.1. The van der Waals surface area contributed by atoms with E-state index in [4.69, 9.17) is 10.2 Å². The number of hydrogen-bond donors (Lipinski definition) is 2. The van der Waals surface area contributed by atoms with Gasteiger partial charge in [-0.2, -0.15) is 0 Å². The van der Waals surface area contributed by atoms with Crippen LogP contribution in [-0.2, 0) is 0 Å². The van der Waals surface area contributed by atoms with E-state index in [9.17, 15) is 10.1 Å². The van der Waals surface area contributed by atoms with Crippen molar-refractivity contribution in [2.24, 2.45) is 0 Å². The summed E-state index contributed by atoms with van der Waals surface area (Å²) in [6, 6.07) is 0. The van der Waals surface area contributed by atoms with E-state index in [1.165, 1.54) is 6.33 Å². The van der Waals surface area contributed by atoms with Crippen LogP contribution in [0.4, 0.5) is 17.3 Å². The van der Waals surface area contributed by atoms with Gasteiger partial charge in [0, 0.05) is 26.2 Å². The Labute approximate surface area is 123 Å². The molecule has 0 aliphatic carbocycles. The van der Waals surface area contributed by atoms with Crippen LogP contribution in [0.5, 0.6) is 0 Å². The predicted octanol–water partition coefficient (Wildman–Crippen LogP) is 0.0220. The van der Waals surface area contributed by atoms with Crippen molar-refractivity contribution >= 4 is 17.3 Å². The van der Waals surface area contributed by atoms with Crippen molar-refractivity contribution in [3.63, 3.8) is 0 Å². The second-order valence-corrected chi connectivity index (χ2v) is 4.23. The van der Waals surface area contributed by atoms with E-state index in [-0.39, 0.29) is 43.6 Å². The first kappa shape index (κ1) is 17.1. The number of rotatable bonds is 9. The van der Waals surface area contributed by atoms with E-state index in [0.717, 1.165) is 0 Å². The molecule has 0 radical (unpaired) electrons. The molecule has 1 aromatic heterocycles. The molecule has 118 valence electrons. The summed E-state index contributed by atoms with van der Waals surface area (Å²) in [5.41, 5.74) is -0.205. The molecule has 0 aliphatic rings. The Morgan fingerprint density at radius 1 is 1.10 bits per heavy atom. The fourth-order valence-corrected chi connectivity index (χ4v) is 2.06. The van der Waals surface area contributed by atoms with Gasteiger partial charge in [-0.1, -0.05) is 0 Å². The van der Waals surface area contributed by atoms with Gasteiger partial charge in [0.25, 0.3) is 0 Å². The van der Waals surface area contributed by atoms with Gasteiger partial charge in [0.15, 0.2) is 0 Å². The summed E-state index contributed by atoms with van der Waals surface area (Å²) in [6.45, 7) is 4.85. The molecule has 0 saturated carbocycles. The number of nitro groups is 1. The second kappa shape index (κ2) is 8.32. The number of aliphatic hydroxyl groups is 2. The van der Waals surface area contributed by atoms with Crippen LogP contribution in [0.25, 0.3) is 0 Å². The van der Waals surface area contributed by atoms with Crippen molar-refractivity contribution in [2.75, 3.05) is 49.2 Å². The van der Waals surface area contributed by atoms with Crippen molar-refractivity contribution in [3.8, 4) is 0 Å². The number of anilines is 2. The van der Waals surface area contributed by atoms with Crippen molar-refractivity contribution in [3.05, 3.63) is 16.4 Å². The molecule has 0 aromatic carbocycles. The summed E-state index contributed by atoms with van der Waals surface area (Å²) in [7, 11) is 0. The first-order valence-electron chi connectivity index (χ1n) is 6.81. The van der Waals surface area contributed by atoms with Gasteiger partial charge in [0.2, 0.25) is 11.6 Å². The van der Waals surface area contributed by atoms with Crippen molar-refractivity contribution in [2.45, 2.75) is 13.8 Å². The lowest BCUT2D eigenvalue weighted by molar-refractivity contribution is -0.383. The fourth-order valence-electron chi connectivity index (χ4n) is 2.06. The van der Waals surface area contributed by atoms with E-state index >= 15 is 0 Å². The molecule has 0 saturated heterocycles. The lowest BCUT2D eigenvalue weighted by Gasteiger charge is -2.24. The molecule has 0 atom stereocenters. The minimum Gasteiger partial charge on any atom is -0.395 e. The lowest BCUT2D eigenvalue weighted by Crippen LogP contribution is -2.31. The molecule has 0 spiro atoms. The molecule has 21 heavy (non-hydrogen) atoms. The predicted molar refractivity (Wildman–Crippen MR) is 78.6 cm³/mol. The highest BCUT2D eigenvalue weighted by Crippen LogP contribution is 2.33. The van der Waals surface area contributed by atoms with Crippen LogP contribution in [0.1, 0.15) is 13.8 Å². The maximum Gasteiger partial charge on any atom is 0.353 e. The average Bonchev–Trinajstić information content (AvgIpc) is 2.49. The molecule has 9 nitrogen and oxygen atoms in total. The number of likely N-dealkylation sites (N-methyl/N-ethyl adjacent to an activating group) is 2. The summed E-state index contributed by atoms with van der Waals surface area (Å²) >= 11 is 0. The second-order valence-electron chi connectivity index (χ2n) is 4.23. The standard InChI is InChI=1S/C12H21N5O4/c1-3-15(5-7-18)11-10(17(20)21)12(14-9-13-11)16(4-2)6-8-19/h9,18-19H,3-8H2,1-2H3. The Kier molecular flexibility index (Phi) is 6.76. The highest BCUT2D eigenvalue weighted by molar-refractivity contribution is 5.71. The van der Waals surface area contributed by atoms with Crippen molar-refractivity contribution in [1.29, 1.82) is 0 Å². The number of hydrogen-bond acceptors (Lipinski definition) is 8. The highest BCUT2D eigenvalue weighted by atomic mass is 16.6. The van der Waals surface area contributed by atoms with Gasteiger partial charge in [-0.05, 0) is 13.8 Å². The van der Waals surface area contributed by atoms with E-state index in [1.54, 1.807) is 9.80 Å². The first-order valence-corrected chi connectivity index (χ1v) is 6.81. The summed E-state index contributed by atoms with van der Waals surface area (Å²) in [5, 5.41) is 29.6. The van der Waals surface area contributed by atoms with Gasteiger partial charge in [0.05, 0.1) is 18.1 Å². The van der Waals surface area contributed by atoms with Crippen LogP contribution in [0, 0.1) is 10.1 Å². The highest BCUT2D eigenvalue weighted by Gasteiger charge is 2.28. The summed E-state index contributed by atoms with van der Waals surface area (Å²) in [6.07, 6.45) is 1.26. The smallest absolute Gasteiger partial charge is 0.353 e. The molecule has 2 N–H and O–H groups in total. The zero-order chi connectivity index (χ0) is 15.8. The number of nitrogens with zero attached hydrogens (tertiary/aromatic N) is 5. The van der Waals surface area contributed by atoms with Crippen molar-refractivity contribution in [1.82, 2.24) is 9.97 Å². The minimum atomic E-state index is -0.523. The third kappa shape index (κ3) is 3.99. The monoisotopic (exact) mass is 299 g/mol. The third-order valence-electron chi connectivity index (χ3n) is 3.07. The maximum absolute atomic E-state index is 11.4. The van der Waals surface area contributed by atoms with Crippen LogP contribution in [0.15, 0.2) is 6.33 Å². The zero-order valence-corrected chi connectivity index (χ0v) is 12.3. The average molecular weight is 299 g/mol. The number of aromatic nitrogens is 2. The SMILES string of the molecule is CCN(CCO)c1ncnc(N(CC)CCO)c1[N+](=O)[O-]. The summed E-state index contributed by atoms with van der Waals surface area (Å²) < 4.78 is 0. The molecular weight excluding hydrogens is 278 g/mol. The Morgan fingerprint density at radius 2 is 1.52 bits per heavy atom. The lowest BCUT2D eigenvalue weighted by atomic mass is 10.3. The van der Waals surface area contributed by atoms with Gasteiger partial charge in [-0.15, -0.1) is 0 Å². The third-order valence-corrected chi connectivity index (χ3v) is 3.07. The summed E-state index contributed by atoms with van der Waals surface area (Å²) in [5.74, 6) is 0.357. The molecule has 1 aromatic rings. The summed E-state index contributed by atoms with van der Waals surface area (Å²) in [4.78, 5) is 22.2. The van der Waals surface area contributed by atoms with Gasteiger partial charge in [-0.25, -0.2) is 9.97 Å². The molecule has 0 aliphatic heterocycles. The van der Waals surface area contributed by atoms with Crippen molar-refractivity contribution < 1.29 is 15.1 Å². The normalized spacial score (nSPS) is 10.5.